The molecule has 0 saturated heterocycles. The van der Waals surface area contributed by atoms with Crippen molar-refractivity contribution in [3.8, 4) is 11.1 Å². The third-order valence-corrected chi connectivity index (χ3v) is 6.68. The Morgan fingerprint density at radius 1 is 1.10 bits per heavy atom. The van der Waals surface area contributed by atoms with E-state index in [-0.39, 0.29) is 18.3 Å². The van der Waals surface area contributed by atoms with Crippen LogP contribution in [0.3, 0.4) is 0 Å². The van der Waals surface area contributed by atoms with E-state index in [1.807, 2.05) is 49.6 Å². The number of benzene rings is 2. The van der Waals surface area contributed by atoms with E-state index in [0.717, 1.165) is 21.6 Å². The highest BCUT2D eigenvalue weighted by Gasteiger charge is 2.23. The molecular weight excluding hydrogens is 438 g/mol. The molecule has 1 N–H and O–H groups in total. The number of nitrogens with one attached hydrogen (secondary N) is 1. The molecule has 2 aromatic carbocycles. The lowest BCUT2D eigenvalue weighted by Crippen LogP contribution is -2.16. The molecule has 0 bridgehead atoms. The summed E-state index contributed by atoms with van der Waals surface area (Å²) in [5.41, 5.74) is 4.41. The number of carbonyl (C=O) groups excluding carboxylic acids is 2. The van der Waals surface area contributed by atoms with E-state index in [1.165, 1.54) is 28.7 Å². The predicted octanol–water partition coefficient (Wildman–Crippen LogP) is 6.59. The molecule has 4 nitrogen and oxygen atoms in total. The zero-order valence-electron chi connectivity index (χ0n) is 17.0. The van der Waals surface area contributed by atoms with Crippen molar-refractivity contribution in [2.75, 3.05) is 17.7 Å². The Morgan fingerprint density at radius 3 is 2.50 bits per heavy atom. The Bertz CT molecular complexity index is 1060. The van der Waals surface area contributed by atoms with Gasteiger partial charge in [0.25, 0.3) is 0 Å². The monoisotopic (exact) mass is 459 g/mol. The third-order valence-electron chi connectivity index (χ3n) is 4.53. The molecule has 1 heterocycles. The lowest BCUT2D eigenvalue weighted by molar-refractivity contribution is -0.113. The molecule has 0 aliphatic carbocycles. The summed E-state index contributed by atoms with van der Waals surface area (Å²) >= 11 is 8.63. The number of esters is 1. The van der Waals surface area contributed by atoms with Crippen LogP contribution in [0.2, 0.25) is 5.02 Å². The number of hydrogen-bond acceptors (Lipinski definition) is 5. The zero-order chi connectivity index (χ0) is 21.7. The number of carbonyl (C=O) groups is 2. The SMILES string of the molecule is CCOC(=O)c1c(-c2ccc(C)c(C)c2)csc1NC(=O)CSc1ccc(Cl)cc1. The zero-order valence-corrected chi connectivity index (χ0v) is 19.3. The van der Waals surface area contributed by atoms with Crippen molar-refractivity contribution < 1.29 is 14.3 Å². The summed E-state index contributed by atoms with van der Waals surface area (Å²) < 4.78 is 5.26. The van der Waals surface area contributed by atoms with E-state index in [9.17, 15) is 9.59 Å². The molecule has 0 atom stereocenters. The molecule has 0 aliphatic rings. The molecule has 3 aromatic rings. The van der Waals surface area contributed by atoms with Gasteiger partial charge in [-0.3, -0.25) is 4.79 Å². The molecule has 1 amide bonds. The van der Waals surface area contributed by atoms with Crippen LogP contribution in [-0.4, -0.2) is 24.2 Å². The van der Waals surface area contributed by atoms with E-state index in [4.69, 9.17) is 16.3 Å². The number of halogens is 1. The van der Waals surface area contributed by atoms with Crippen molar-refractivity contribution in [2.24, 2.45) is 0 Å². The maximum absolute atomic E-state index is 12.7. The minimum Gasteiger partial charge on any atom is -0.462 e. The van der Waals surface area contributed by atoms with Gasteiger partial charge in [0, 0.05) is 20.9 Å². The van der Waals surface area contributed by atoms with Gasteiger partial charge in [0.15, 0.2) is 0 Å². The number of thiophene rings is 1. The summed E-state index contributed by atoms with van der Waals surface area (Å²) in [4.78, 5) is 26.2. The normalized spacial score (nSPS) is 10.7. The molecule has 7 heteroatoms. The van der Waals surface area contributed by atoms with Crippen LogP contribution in [-0.2, 0) is 9.53 Å². The van der Waals surface area contributed by atoms with E-state index in [0.29, 0.717) is 15.6 Å². The Balaban J connectivity index is 1.82. The van der Waals surface area contributed by atoms with Crippen molar-refractivity contribution in [1.29, 1.82) is 0 Å². The molecule has 0 saturated carbocycles. The van der Waals surface area contributed by atoms with E-state index in [2.05, 4.69) is 5.32 Å². The molecule has 0 fully saturated rings. The first-order valence-electron chi connectivity index (χ1n) is 9.43. The van der Waals surface area contributed by atoms with Crippen molar-refractivity contribution in [3.05, 3.63) is 69.6 Å². The second-order valence-electron chi connectivity index (χ2n) is 6.66. The maximum atomic E-state index is 12.7. The molecular formula is C23H22ClNO3S2. The number of anilines is 1. The summed E-state index contributed by atoms with van der Waals surface area (Å²) in [5, 5.41) is 5.92. The summed E-state index contributed by atoms with van der Waals surface area (Å²) in [5.74, 6) is -0.401. The van der Waals surface area contributed by atoms with Crippen molar-refractivity contribution >= 4 is 51.6 Å². The average molecular weight is 460 g/mol. The maximum Gasteiger partial charge on any atom is 0.341 e. The van der Waals surface area contributed by atoms with Crippen LogP contribution in [0.15, 0.2) is 52.7 Å². The average Bonchev–Trinajstić information content (AvgIpc) is 3.13. The smallest absolute Gasteiger partial charge is 0.341 e. The van der Waals surface area contributed by atoms with E-state index < -0.39 is 5.97 Å². The third kappa shape index (κ3) is 5.45. The first kappa shape index (κ1) is 22.4. The highest BCUT2D eigenvalue weighted by molar-refractivity contribution is 8.00. The van der Waals surface area contributed by atoms with Gasteiger partial charge in [0.1, 0.15) is 10.6 Å². The second kappa shape index (κ2) is 10.2. The van der Waals surface area contributed by atoms with Gasteiger partial charge in [0.2, 0.25) is 5.91 Å². The quantitative estimate of drug-likeness (QED) is 0.319. The molecule has 0 spiro atoms. The van der Waals surface area contributed by atoms with Gasteiger partial charge in [-0.2, -0.15) is 0 Å². The number of hydrogen-bond donors (Lipinski definition) is 1. The molecule has 0 unspecified atom stereocenters. The van der Waals surface area contributed by atoms with Gasteiger partial charge in [0.05, 0.1) is 12.4 Å². The highest BCUT2D eigenvalue weighted by Crippen LogP contribution is 2.37. The minimum absolute atomic E-state index is 0.186. The largest absolute Gasteiger partial charge is 0.462 e. The Kier molecular flexibility index (Phi) is 7.58. The van der Waals surface area contributed by atoms with E-state index >= 15 is 0 Å². The van der Waals surface area contributed by atoms with Crippen LogP contribution in [0, 0.1) is 13.8 Å². The van der Waals surface area contributed by atoms with Crippen molar-refractivity contribution in [3.63, 3.8) is 0 Å². The van der Waals surface area contributed by atoms with E-state index in [1.54, 1.807) is 19.1 Å². The van der Waals surface area contributed by atoms with Gasteiger partial charge in [-0.05, 0) is 61.7 Å². The summed E-state index contributed by atoms with van der Waals surface area (Å²) in [6, 6.07) is 13.4. The fourth-order valence-electron chi connectivity index (χ4n) is 2.82. The van der Waals surface area contributed by atoms with Crippen LogP contribution in [0.4, 0.5) is 5.00 Å². The van der Waals surface area contributed by atoms with Crippen LogP contribution < -0.4 is 5.32 Å². The molecule has 30 heavy (non-hydrogen) atoms. The number of aryl methyl sites for hydroxylation is 2. The predicted molar refractivity (Wildman–Crippen MR) is 126 cm³/mol. The fourth-order valence-corrected chi connectivity index (χ4v) is 4.62. The van der Waals surface area contributed by atoms with Crippen LogP contribution in [0.25, 0.3) is 11.1 Å². The lowest BCUT2D eigenvalue weighted by Gasteiger charge is -2.10. The summed E-state index contributed by atoms with van der Waals surface area (Å²) in [6.07, 6.45) is 0. The first-order chi connectivity index (χ1) is 14.4. The van der Waals surface area contributed by atoms with Gasteiger partial charge in [-0.25, -0.2) is 4.79 Å². The topological polar surface area (TPSA) is 55.4 Å². The van der Waals surface area contributed by atoms with Gasteiger partial charge >= 0.3 is 5.97 Å². The molecule has 156 valence electrons. The summed E-state index contributed by atoms with van der Waals surface area (Å²) in [7, 11) is 0. The molecule has 0 aliphatic heterocycles. The molecule has 3 rings (SSSR count). The van der Waals surface area contributed by atoms with Crippen LogP contribution >= 0.6 is 34.7 Å². The standard InChI is InChI=1S/C23H22ClNO3S2/c1-4-28-23(27)21-19(16-6-5-14(2)15(3)11-16)12-30-22(21)25-20(26)13-29-18-9-7-17(24)8-10-18/h5-12H,4,13H2,1-3H3,(H,25,26). The number of amides is 1. The summed E-state index contributed by atoms with van der Waals surface area (Å²) in [6.45, 7) is 6.11. The Labute approximate surface area is 189 Å². The van der Waals surface area contributed by atoms with Crippen LogP contribution in [0.1, 0.15) is 28.4 Å². The Hall–Kier alpha value is -2.28. The fraction of sp³-hybridized carbons (Fsp3) is 0.217. The number of ether oxygens (including phenoxy) is 1. The number of thioether (sulfide) groups is 1. The second-order valence-corrected chi connectivity index (χ2v) is 9.03. The van der Waals surface area contributed by atoms with Gasteiger partial charge in [-0.1, -0.05) is 29.8 Å². The Morgan fingerprint density at radius 2 is 1.83 bits per heavy atom. The lowest BCUT2D eigenvalue weighted by atomic mass is 9.99. The first-order valence-corrected chi connectivity index (χ1v) is 11.7. The van der Waals surface area contributed by atoms with Gasteiger partial charge in [-0.15, -0.1) is 23.1 Å². The van der Waals surface area contributed by atoms with Gasteiger partial charge < -0.3 is 10.1 Å². The molecule has 1 aromatic heterocycles. The van der Waals surface area contributed by atoms with Crippen molar-refractivity contribution in [1.82, 2.24) is 0 Å². The van der Waals surface area contributed by atoms with Crippen LogP contribution in [0.5, 0.6) is 0 Å². The highest BCUT2D eigenvalue weighted by atomic mass is 35.5. The molecule has 0 radical (unpaired) electrons. The minimum atomic E-state index is -0.437. The number of rotatable bonds is 7. The van der Waals surface area contributed by atoms with Crippen molar-refractivity contribution in [2.45, 2.75) is 25.7 Å².